The van der Waals surface area contributed by atoms with Crippen LogP contribution in [0.15, 0.2) is 42.5 Å². The smallest absolute Gasteiger partial charge is 0.410 e. The lowest BCUT2D eigenvalue weighted by molar-refractivity contribution is -0.156. The predicted octanol–water partition coefficient (Wildman–Crippen LogP) is 3.57. The highest BCUT2D eigenvalue weighted by Gasteiger charge is 2.48. The van der Waals surface area contributed by atoms with E-state index in [1.54, 1.807) is 25.7 Å². The number of carbonyl (C=O) groups excluding carboxylic acids is 3. The quantitative estimate of drug-likeness (QED) is 0.515. The number of fused-ring (bicyclic) bond motifs is 1. The molecule has 2 aliphatic rings. The van der Waals surface area contributed by atoms with Crippen molar-refractivity contribution < 1.29 is 23.9 Å². The van der Waals surface area contributed by atoms with Crippen LogP contribution in [0.2, 0.25) is 0 Å². The molecule has 0 spiro atoms. The minimum atomic E-state index is -0.788. The van der Waals surface area contributed by atoms with Crippen LogP contribution < -0.4 is 0 Å². The monoisotopic (exact) mass is 442 g/mol. The van der Waals surface area contributed by atoms with Gasteiger partial charge < -0.3 is 14.4 Å². The zero-order valence-electron chi connectivity index (χ0n) is 19.6. The predicted molar refractivity (Wildman–Crippen MR) is 121 cm³/mol. The number of methoxy groups -OCH3 is 1. The third kappa shape index (κ3) is 5.14. The maximum atomic E-state index is 14.0. The van der Waals surface area contributed by atoms with Crippen molar-refractivity contribution in [3.63, 3.8) is 0 Å². The standard InChI is InChI=1S/C25H34N2O5/c1-6-19-13-12-18-14-15-26(24(30)32-25(2,3)4)21(18)22(28)27(19)20(23(29)31-5)16-17-10-8-7-9-11-17/h7-13,18-21H,6,14-16H2,1-5H3/t18-,19?,20?,21-/m1/s1. The molecule has 2 heterocycles. The lowest BCUT2D eigenvalue weighted by Crippen LogP contribution is -2.57. The van der Waals surface area contributed by atoms with E-state index in [0.29, 0.717) is 25.8 Å². The van der Waals surface area contributed by atoms with Crippen LogP contribution in [0.3, 0.4) is 0 Å². The summed E-state index contributed by atoms with van der Waals surface area (Å²) in [6.07, 6.45) is 5.20. The summed E-state index contributed by atoms with van der Waals surface area (Å²) in [5.41, 5.74) is 0.275. The van der Waals surface area contributed by atoms with E-state index in [4.69, 9.17) is 9.47 Å². The highest BCUT2D eigenvalue weighted by Crippen LogP contribution is 2.34. The molecule has 7 heteroatoms. The molecule has 3 rings (SSSR count). The van der Waals surface area contributed by atoms with Crippen LogP contribution in [0.25, 0.3) is 0 Å². The summed E-state index contributed by atoms with van der Waals surface area (Å²) in [6.45, 7) is 7.84. The van der Waals surface area contributed by atoms with Crippen LogP contribution in [0, 0.1) is 5.92 Å². The van der Waals surface area contributed by atoms with E-state index in [-0.39, 0.29) is 17.9 Å². The van der Waals surface area contributed by atoms with Crippen molar-refractivity contribution in [2.24, 2.45) is 5.92 Å². The molecule has 0 aliphatic carbocycles. The Kier molecular flexibility index (Phi) is 7.26. The summed E-state index contributed by atoms with van der Waals surface area (Å²) in [5.74, 6) is -0.806. The van der Waals surface area contributed by atoms with Gasteiger partial charge in [0.1, 0.15) is 17.7 Å². The topological polar surface area (TPSA) is 76.2 Å². The van der Waals surface area contributed by atoms with E-state index in [1.165, 1.54) is 12.0 Å². The molecule has 0 bridgehead atoms. The van der Waals surface area contributed by atoms with Crippen LogP contribution in [-0.2, 0) is 25.5 Å². The van der Waals surface area contributed by atoms with Gasteiger partial charge in [-0.15, -0.1) is 0 Å². The molecule has 2 aliphatic heterocycles. The molecule has 1 fully saturated rings. The third-order valence-electron chi connectivity index (χ3n) is 6.02. The molecule has 0 saturated carbocycles. The number of nitrogens with zero attached hydrogens (tertiary/aromatic N) is 2. The summed E-state index contributed by atoms with van der Waals surface area (Å²) in [4.78, 5) is 42.9. The Balaban J connectivity index is 1.97. The van der Waals surface area contributed by atoms with Crippen molar-refractivity contribution in [2.75, 3.05) is 13.7 Å². The fraction of sp³-hybridized carbons (Fsp3) is 0.560. The third-order valence-corrected chi connectivity index (χ3v) is 6.02. The van der Waals surface area contributed by atoms with Crippen molar-refractivity contribution in [3.8, 4) is 0 Å². The number of benzene rings is 1. The van der Waals surface area contributed by atoms with E-state index in [0.717, 1.165) is 5.56 Å². The molecule has 1 aromatic carbocycles. The second kappa shape index (κ2) is 9.76. The first-order valence-electron chi connectivity index (χ1n) is 11.3. The van der Waals surface area contributed by atoms with Crippen LogP contribution >= 0.6 is 0 Å². The Morgan fingerprint density at radius 2 is 1.84 bits per heavy atom. The van der Waals surface area contributed by atoms with Gasteiger partial charge in [-0.1, -0.05) is 49.4 Å². The molecule has 1 aromatic rings. The van der Waals surface area contributed by atoms with E-state index in [9.17, 15) is 14.4 Å². The molecule has 0 radical (unpaired) electrons. The van der Waals surface area contributed by atoms with Gasteiger partial charge >= 0.3 is 12.1 Å². The SMILES string of the molecule is CCC1C=C[C@@H]2CCN(C(=O)OC(C)(C)C)[C@H]2C(=O)N1C(Cc1ccccc1)C(=O)OC. The maximum Gasteiger partial charge on any atom is 0.410 e. The second-order valence-electron chi connectivity index (χ2n) is 9.41. The largest absolute Gasteiger partial charge is 0.467 e. The number of hydrogen-bond donors (Lipinski definition) is 0. The van der Waals surface area contributed by atoms with Crippen LogP contribution in [0.4, 0.5) is 4.79 Å². The van der Waals surface area contributed by atoms with Crippen molar-refractivity contribution in [1.82, 2.24) is 9.80 Å². The van der Waals surface area contributed by atoms with Crippen LogP contribution in [-0.4, -0.2) is 65.2 Å². The molecule has 4 atom stereocenters. The molecule has 32 heavy (non-hydrogen) atoms. The van der Waals surface area contributed by atoms with Gasteiger partial charge in [0.2, 0.25) is 5.91 Å². The fourth-order valence-electron chi connectivity index (χ4n) is 4.53. The molecular weight excluding hydrogens is 408 g/mol. The number of esters is 1. The highest BCUT2D eigenvalue weighted by molar-refractivity contribution is 5.91. The number of rotatable bonds is 5. The minimum Gasteiger partial charge on any atom is -0.467 e. The molecule has 2 amide bonds. The number of hydrogen-bond acceptors (Lipinski definition) is 5. The highest BCUT2D eigenvalue weighted by atomic mass is 16.6. The van der Waals surface area contributed by atoms with E-state index >= 15 is 0 Å². The first-order chi connectivity index (χ1) is 15.2. The molecule has 2 unspecified atom stereocenters. The van der Waals surface area contributed by atoms with Gasteiger partial charge in [-0.25, -0.2) is 9.59 Å². The normalized spacial score (nSPS) is 24.0. The van der Waals surface area contributed by atoms with Gasteiger partial charge in [-0.05, 0) is 39.2 Å². The number of ether oxygens (including phenoxy) is 2. The fourth-order valence-corrected chi connectivity index (χ4v) is 4.53. The van der Waals surface area contributed by atoms with E-state index in [1.807, 2.05) is 49.4 Å². The lowest BCUT2D eigenvalue weighted by Gasteiger charge is -2.38. The molecule has 0 aromatic heterocycles. The summed E-state index contributed by atoms with van der Waals surface area (Å²) >= 11 is 0. The Hall–Kier alpha value is -2.83. The first-order valence-corrected chi connectivity index (χ1v) is 11.3. The molecule has 0 N–H and O–H groups in total. The molecule has 174 valence electrons. The zero-order valence-corrected chi connectivity index (χ0v) is 19.6. The van der Waals surface area contributed by atoms with Crippen LogP contribution in [0.5, 0.6) is 0 Å². The number of carbonyl (C=O) groups is 3. The zero-order chi connectivity index (χ0) is 23.5. The van der Waals surface area contributed by atoms with E-state index in [2.05, 4.69) is 0 Å². The first kappa shape index (κ1) is 23.8. The Morgan fingerprint density at radius 3 is 2.44 bits per heavy atom. The van der Waals surface area contributed by atoms with Crippen LogP contribution in [0.1, 0.15) is 46.1 Å². The summed E-state index contributed by atoms with van der Waals surface area (Å²) in [6, 6.07) is 7.84. The van der Waals surface area contributed by atoms with Gasteiger partial charge in [0.25, 0.3) is 0 Å². The summed E-state index contributed by atoms with van der Waals surface area (Å²) < 4.78 is 10.7. The summed E-state index contributed by atoms with van der Waals surface area (Å²) in [5, 5.41) is 0. The number of amides is 2. The van der Waals surface area contributed by atoms with E-state index < -0.39 is 29.7 Å². The molecular formula is C25H34N2O5. The van der Waals surface area contributed by atoms with Crippen molar-refractivity contribution in [2.45, 2.75) is 70.7 Å². The van der Waals surface area contributed by atoms with Gasteiger partial charge in [0, 0.05) is 18.9 Å². The van der Waals surface area contributed by atoms with Crippen molar-refractivity contribution >= 4 is 18.0 Å². The maximum absolute atomic E-state index is 14.0. The molecule has 7 nitrogen and oxygen atoms in total. The Morgan fingerprint density at radius 1 is 1.16 bits per heavy atom. The summed E-state index contributed by atoms with van der Waals surface area (Å²) in [7, 11) is 1.34. The number of likely N-dealkylation sites (tertiary alicyclic amines) is 1. The average molecular weight is 443 g/mol. The lowest BCUT2D eigenvalue weighted by atomic mass is 9.98. The van der Waals surface area contributed by atoms with Crippen molar-refractivity contribution in [1.29, 1.82) is 0 Å². The van der Waals surface area contributed by atoms with Gasteiger partial charge in [0.15, 0.2) is 0 Å². The van der Waals surface area contributed by atoms with Crippen molar-refractivity contribution in [3.05, 3.63) is 48.0 Å². The Bertz CT molecular complexity index is 861. The van der Waals surface area contributed by atoms with Gasteiger partial charge in [0.05, 0.1) is 13.2 Å². The van der Waals surface area contributed by atoms with Gasteiger partial charge in [-0.2, -0.15) is 0 Å². The Labute approximate surface area is 190 Å². The average Bonchev–Trinajstić information content (AvgIpc) is 3.12. The van der Waals surface area contributed by atoms with Gasteiger partial charge in [-0.3, -0.25) is 9.69 Å². The minimum absolute atomic E-state index is 0.107. The molecule has 1 saturated heterocycles. The second-order valence-corrected chi connectivity index (χ2v) is 9.41.